The topological polar surface area (TPSA) is 117 Å². The molecular formula is C26H40N2O6. The summed E-state index contributed by atoms with van der Waals surface area (Å²) >= 11 is 0. The highest BCUT2D eigenvalue weighted by Gasteiger charge is 2.31. The van der Waals surface area contributed by atoms with Gasteiger partial charge in [-0.3, -0.25) is 9.59 Å². The van der Waals surface area contributed by atoms with Crippen molar-refractivity contribution in [3.63, 3.8) is 0 Å². The molecule has 2 amide bonds. The molecule has 1 aliphatic rings. The molecule has 1 aliphatic carbocycles. The molecule has 8 heteroatoms. The Hall–Kier alpha value is -2.61. The second-order valence-electron chi connectivity index (χ2n) is 10.3. The molecular weight excluding hydrogens is 436 g/mol. The lowest BCUT2D eigenvalue weighted by Crippen LogP contribution is -2.45. The number of amides is 2. The summed E-state index contributed by atoms with van der Waals surface area (Å²) in [6.45, 7) is 7.62. The lowest BCUT2D eigenvalue weighted by atomic mass is 9.71. The third-order valence-electron chi connectivity index (χ3n) is 6.05. The average Bonchev–Trinajstić information content (AvgIpc) is 2.72. The van der Waals surface area contributed by atoms with Crippen LogP contribution in [-0.2, 0) is 36.8 Å². The van der Waals surface area contributed by atoms with Crippen LogP contribution in [0.5, 0.6) is 0 Å². The molecule has 8 nitrogen and oxygen atoms in total. The van der Waals surface area contributed by atoms with Crippen LogP contribution < -0.4 is 11.1 Å². The zero-order valence-corrected chi connectivity index (χ0v) is 21.1. The molecule has 0 radical (unpaired) electrons. The molecule has 2 rings (SSSR count). The van der Waals surface area contributed by atoms with Crippen molar-refractivity contribution in [1.82, 2.24) is 5.32 Å². The van der Waals surface area contributed by atoms with E-state index in [0.29, 0.717) is 31.3 Å². The fourth-order valence-corrected chi connectivity index (χ4v) is 4.16. The number of primary amides is 1. The van der Waals surface area contributed by atoms with Crippen molar-refractivity contribution in [3.05, 3.63) is 35.4 Å². The first-order valence-electron chi connectivity index (χ1n) is 12.0. The normalized spacial score (nSPS) is 19.4. The maximum atomic E-state index is 12.2. The second kappa shape index (κ2) is 12.7. The molecule has 1 saturated carbocycles. The number of nitrogens with two attached hydrogens (primary N) is 1. The van der Waals surface area contributed by atoms with Crippen molar-refractivity contribution in [3.8, 4) is 0 Å². The zero-order chi connectivity index (χ0) is 25.3. The Labute approximate surface area is 202 Å². The van der Waals surface area contributed by atoms with Crippen molar-refractivity contribution in [2.75, 3.05) is 7.11 Å². The molecule has 0 bridgehead atoms. The second-order valence-corrected chi connectivity index (χ2v) is 10.3. The van der Waals surface area contributed by atoms with E-state index < -0.39 is 23.6 Å². The van der Waals surface area contributed by atoms with Gasteiger partial charge in [-0.2, -0.15) is 0 Å². The van der Waals surface area contributed by atoms with E-state index in [2.05, 4.69) is 17.4 Å². The fraction of sp³-hybridized carbons (Fsp3) is 0.654. The molecule has 0 saturated heterocycles. The number of benzene rings is 1. The van der Waals surface area contributed by atoms with Gasteiger partial charge in [-0.05, 0) is 76.3 Å². The Morgan fingerprint density at radius 2 is 1.71 bits per heavy atom. The summed E-state index contributed by atoms with van der Waals surface area (Å²) in [7, 11) is 1.43. The van der Waals surface area contributed by atoms with E-state index in [1.165, 1.54) is 12.7 Å². The van der Waals surface area contributed by atoms with Gasteiger partial charge in [0, 0.05) is 12.8 Å². The molecule has 0 spiro atoms. The molecule has 0 heterocycles. The Bertz CT molecular complexity index is 812. The van der Waals surface area contributed by atoms with Crippen molar-refractivity contribution < 1.29 is 28.6 Å². The van der Waals surface area contributed by atoms with E-state index in [0.717, 1.165) is 24.8 Å². The van der Waals surface area contributed by atoms with Crippen molar-refractivity contribution in [1.29, 1.82) is 0 Å². The van der Waals surface area contributed by atoms with Gasteiger partial charge in [-0.25, -0.2) is 4.79 Å². The predicted octanol–water partition coefficient (Wildman–Crippen LogP) is 3.88. The highest BCUT2D eigenvalue weighted by molar-refractivity contribution is 5.74. The summed E-state index contributed by atoms with van der Waals surface area (Å²) in [5.74, 6) is 0.507. The van der Waals surface area contributed by atoms with Gasteiger partial charge in [-0.1, -0.05) is 24.3 Å². The van der Waals surface area contributed by atoms with E-state index in [4.69, 9.17) is 19.9 Å². The van der Waals surface area contributed by atoms with Gasteiger partial charge in [0.25, 0.3) is 0 Å². The molecule has 1 aromatic carbocycles. The van der Waals surface area contributed by atoms with Gasteiger partial charge in [0.15, 0.2) is 0 Å². The van der Waals surface area contributed by atoms with Gasteiger partial charge in [0.1, 0.15) is 5.60 Å². The number of hydrogen-bond acceptors (Lipinski definition) is 6. The highest BCUT2D eigenvalue weighted by Crippen LogP contribution is 2.38. The van der Waals surface area contributed by atoms with E-state index >= 15 is 0 Å². The SMILES string of the molecule is COC(=O)CC1CC(Cc2ccc(CO[C@H](C)C(CCC(N)=O)NC(=O)OC(C)(C)C)cc2)C1. The van der Waals surface area contributed by atoms with Gasteiger partial charge >= 0.3 is 12.1 Å². The number of carbonyl (C=O) groups excluding carboxylic acids is 3. The van der Waals surface area contributed by atoms with Crippen LogP contribution in [0.4, 0.5) is 4.79 Å². The minimum Gasteiger partial charge on any atom is -0.469 e. The minimum absolute atomic E-state index is 0.125. The van der Waals surface area contributed by atoms with Crippen LogP contribution in [0, 0.1) is 11.8 Å². The average molecular weight is 477 g/mol. The summed E-state index contributed by atoms with van der Waals surface area (Å²) in [6, 6.07) is 7.91. The third kappa shape index (κ3) is 10.1. The van der Waals surface area contributed by atoms with E-state index in [1.54, 1.807) is 20.8 Å². The Balaban J connectivity index is 1.81. The van der Waals surface area contributed by atoms with Gasteiger partial charge in [-0.15, -0.1) is 0 Å². The van der Waals surface area contributed by atoms with Crippen molar-refractivity contribution in [2.45, 2.75) is 90.6 Å². The van der Waals surface area contributed by atoms with E-state index in [-0.39, 0.29) is 18.5 Å². The van der Waals surface area contributed by atoms with Crippen molar-refractivity contribution in [2.24, 2.45) is 17.6 Å². The summed E-state index contributed by atoms with van der Waals surface area (Å²) in [5.41, 5.74) is 6.97. The predicted molar refractivity (Wildman–Crippen MR) is 129 cm³/mol. The molecule has 190 valence electrons. The molecule has 1 aromatic rings. The molecule has 3 N–H and O–H groups in total. The smallest absolute Gasteiger partial charge is 0.407 e. The third-order valence-corrected chi connectivity index (χ3v) is 6.05. The number of carbonyl (C=O) groups is 3. The molecule has 0 aromatic heterocycles. The first kappa shape index (κ1) is 27.6. The van der Waals surface area contributed by atoms with Gasteiger partial charge in [0.05, 0.1) is 25.9 Å². The first-order valence-corrected chi connectivity index (χ1v) is 12.0. The van der Waals surface area contributed by atoms with Crippen molar-refractivity contribution >= 4 is 18.0 Å². The largest absolute Gasteiger partial charge is 0.469 e. The quantitative estimate of drug-likeness (QED) is 0.442. The number of ether oxygens (including phenoxy) is 3. The highest BCUT2D eigenvalue weighted by atomic mass is 16.6. The number of esters is 1. The van der Waals surface area contributed by atoms with Crippen LogP contribution >= 0.6 is 0 Å². The summed E-state index contributed by atoms with van der Waals surface area (Å²) in [5, 5.41) is 2.80. The van der Waals surface area contributed by atoms with Crippen LogP contribution in [0.2, 0.25) is 0 Å². The lowest BCUT2D eigenvalue weighted by Gasteiger charge is -2.34. The van der Waals surface area contributed by atoms with Crippen LogP contribution in [0.25, 0.3) is 0 Å². The Morgan fingerprint density at radius 1 is 1.09 bits per heavy atom. The molecule has 1 unspecified atom stereocenters. The number of nitrogens with one attached hydrogen (secondary N) is 1. The van der Waals surface area contributed by atoms with Crippen LogP contribution in [0.3, 0.4) is 0 Å². The standard InChI is InChI=1S/C26H40N2O6/c1-17(22(10-11-23(27)29)28-25(31)34-26(2,3)4)33-16-19-8-6-18(7-9-19)12-20-13-21(14-20)15-24(30)32-5/h6-9,17,20-22H,10-16H2,1-5H3,(H2,27,29)(H,28,31)/t17-,20?,21?,22?/m1/s1. The fourth-order valence-electron chi connectivity index (χ4n) is 4.16. The summed E-state index contributed by atoms with van der Waals surface area (Å²) < 4.78 is 16.1. The number of alkyl carbamates (subject to hydrolysis) is 1. The van der Waals surface area contributed by atoms with Gasteiger partial charge < -0.3 is 25.3 Å². The summed E-state index contributed by atoms with van der Waals surface area (Å²) in [6.07, 6.45) is 3.27. The summed E-state index contributed by atoms with van der Waals surface area (Å²) in [4.78, 5) is 34.8. The number of methoxy groups -OCH3 is 1. The molecule has 34 heavy (non-hydrogen) atoms. The van der Waals surface area contributed by atoms with E-state index in [9.17, 15) is 14.4 Å². The van der Waals surface area contributed by atoms with Crippen LogP contribution in [0.1, 0.15) is 70.9 Å². The Kier molecular flexibility index (Phi) is 10.4. The zero-order valence-electron chi connectivity index (χ0n) is 21.1. The van der Waals surface area contributed by atoms with Crippen LogP contribution in [-0.4, -0.2) is 42.8 Å². The maximum Gasteiger partial charge on any atom is 0.407 e. The van der Waals surface area contributed by atoms with Crippen LogP contribution in [0.15, 0.2) is 24.3 Å². The number of hydrogen-bond donors (Lipinski definition) is 2. The minimum atomic E-state index is -0.619. The monoisotopic (exact) mass is 476 g/mol. The lowest BCUT2D eigenvalue weighted by molar-refractivity contribution is -0.142. The number of rotatable bonds is 12. The molecule has 0 aliphatic heterocycles. The molecule has 1 fully saturated rings. The maximum absolute atomic E-state index is 12.2. The Morgan fingerprint density at radius 3 is 2.26 bits per heavy atom. The van der Waals surface area contributed by atoms with E-state index in [1.807, 2.05) is 19.1 Å². The molecule has 2 atom stereocenters. The van der Waals surface area contributed by atoms with Gasteiger partial charge in [0.2, 0.25) is 5.91 Å². The first-order chi connectivity index (χ1) is 15.9.